The number of ether oxygens (including phenoxy) is 5. The molecule has 2 aromatic rings. The first kappa shape index (κ1) is 23.8. The number of hydrogen-bond donors (Lipinski definition) is 0. The number of esters is 1. The van der Waals surface area contributed by atoms with Gasteiger partial charge < -0.3 is 27.9 Å². The zero-order chi connectivity index (χ0) is 23.2. The van der Waals surface area contributed by atoms with Gasteiger partial charge in [0.05, 0.1) is 26.6 Å². The highest BCUT2D eigenvalue weighted by atomic mass is 32.2. The monoisotopic (exact) mass is 466 g/mol. The maximum Gasteiger partial charge on any atom is 0.366 e. The molecule has 10 heteroatoms. The summed E-state index contributed by atoms with van der Waals surface area (Å²) in [4.78, 5) is 11.7. The number of benzene rings is 2. The van der Waals surface area contributed by atoms with Crippen LogP contribution in [-0.4, -0.2) is 60.0 Å². The molecule has 32 heavy (non-hydrogen) atoms. The fraction of sp³-hybridized carbons (Fsp3) is 0.409. The van der Waals surface area contributed by atoms with Crippen molar-refractivity contribution in [2.24, 2.45) is 0 Å². The number of hydrogen-bond acceptors (Lipinski definition) is 9. The molecule has 0 aliphatic carbocycles. The molecule has 0 bridgehead atoms. The topological polar surface area (TPSA) is 107 Å². The van der Waals surface area contributed by atoms with Crippen molar-refractivity contribution in [2.45, 2.75) is 18.6 Å². The van der Waals surface area contributed by atoms with Gasteiger partial charge in [0.1, 0.15) is 30.5 Å². The van der Waals surface area contributed by atoms with Crippen LogP contribution in [-0.2, 0) is 29.1 Å². The molecule has 9 nitrogen and oxygen atoms in total. The van der Waals surface area contributed by atoms with Gasteiger partial charge in [-0.05, 0) is 42.0 Å². The highest BCUT2D eigenvalue weighted by Gasteiger charge is 2.41. The molecule has 174 valence electrons. The van der Waals surface area contributed by atoms with Crippen LogP contribution in [0.1, 0.15) is 18.4 Å². The molecule has 0 N–H and O–H groups in total. The summed E-state index contributed by atoms with van der Waals surface area (Å²) in [7, 11) is -2.26. The third-order valence-electron chi connectivity index (χ3n) is 4.72. The Bertz CT molecular complexity index is 993. The molecule has 0 aromatic heterocycles. The lowest BCUT2D eigenvalue weighted by Crippen LogP contribution is -2.47. The van der Waals surface area contributed by atoms with Crippen molar-refractivity contribution in [1.29, 1.82) is 0 Å². The van der Waals surface area contributed by atoms with Crippen LogP contribution < -0.4 is 13.7 Å². The number of rotatable bonds is 9. The minimum absolute atomic E-state index is 0.000221. The van der Waals surface area contributed by atoms with Crippen LogP contribution in [0, 0.1) is 0 Å². The van der Waals surface area contributed by atoms with Crippen molar-refractivity contribution in [3.63, 3.8) is 0 Å². The maximum atomic E-state index is 11.7. The lowest BCUT2D eigenvalue weighted by Gasteiger charge is -2.35. The smallest absolute Gasteiger partial charge is 0.366 e. The summed E-state index contributed by atoms with van der Waals surface area (Å²) in [6.45, 7) is 2.87. The van der Waals surface area contributed by atoms with Gasteiger partial charge in [-0.2, -0.15) is 8.42 Å². The quantitative estimate of drug-likeness (QED) is 0.313. The maximum absolute atomic E-state index is 11.7. The molecule has 1 heterocycles. The minimum atomic E-state index is -3.56. The molecule has 0 atom stereocenters. The van der Waals surface area contributed by atoms with E-state index in [2.05, 4.69) is 0 Å². The second-order valence-corrected chi connectivity index (χ2v) is 8.86. The summed E-state index contributed by atoms with van der Waals surface area (Å²) in [5.74, 6) is -0.442. The van der Waals surface area contributed by atoms with E-state index in [0.29, 0.717) is 37.9 Å². The molecule has 1 fully saturated rings. The Balaban J connectivity index is 1.41. The van der Waals surface area contributed by atoms with Crippen molar-refractivity contribution >= 4 is 16.1 Å². The molecule has 0 saturated carbocycles. The van der Waals surface area contributed by atoms with Crippen molar-refractivity contribution in [3.8, 4) is 17.2 Å². The average Bonchev–Trinajstić information content (AvgIpc) is 2.77. The van der Waals surface area contributed by atoms with Crippen LogP contribution in [0.3, 0.4) is 0 Å². The minimum Gasteiger partial charge on any atom is -0.490 e. The highest BCUT2D eigenvalue weighted by molar-refractivity contribution is 7.86. The number of carbonyl (C=O) groups excluding carboxylic acids is 1. The summed E-state index contributed by atoms with van der Waals surface area (Å²) in [5, 5.41) is 0. The molecule has 1 saturated heterocycles. The molecular weight excluding hydrogens is 440 g/mol. The summed E-state index contributed by atoms with van der Waals surface area (Å²) >= 11 is 0. The molecule has 1 aliphatic rings. The van der Waals surface area contributed by atoms with E-state index >= 15 is 0 Å². The Labute approximate surface area is 187 Å². The van der Waals surface area contributed by atoms with Gasteiger partial charge in [-0.3, -0.25) is 0 Å². The molecular formula is C22H26O9S. The van der Waals surface area contributed by atoms with Crippen molar-refractivity contribution < 1.29 is 41.1 Å². The van der Waals surface area contributed by atoms with E-state index < -0.39 is 21.9 Å². The third kappa shape index (κ3) is 6.59. The Morgan fingerprint density at radius 1 is 0.938 bits per heavy atom. The Hall–Kier alpha value is -2.82. The van der Waals surface area contributed by atoms with Crippen molar-refractivity contribution in [2.75, 3.05) is 39.8 Å². The first-order valence-corrected chi connectivity index (χ1v) is 11.7. The lowest BCUT2D eigenvalue weighted by molar-refractivity contribution is -0.264. The summed E-state index contributed by atoms with van der Waals surface area (Å²) < 4.78 is 54.1. The van der Waals surface area contributed by atoms with Gasteiger partial charge in [0.15, 0.2) is 0 Å². The van der Waals surface area contributed by atoms with Gasteiger partial charge in [0, 0.05) is 12.8 Å². The predicted octanol–water partition coefficient (Wildman–Crippen LogP) is 2.50. The predicted molar refractivity (Wildman–Crippen MR) is 114 cm³/mol. The average molecular weight is 467 g/mol. The van der Waals surface area contributed by atoms with E-state index in [0.717, 1.165) is 11.8 Å². The second-order valence-electron chi connectivity index (χ2n) is 7.28. The van der Waals surface area contributed by atoms with E-state index in [1.54, 1.807) is 19.1 Å². The van der Waals surface area contributed by atoms with E-state index in [1.165, 1.54) is 19.2 Å². The van der Waals surface area contributed by atoms with E-state index in [4.69, 9.17) is 27.9 Å². The normalized spacial score (nSPS) is 20.9. The SMILES string of the molecule is COC(=O)C1(C)OCC(c2ccc(OCCOc3ccc(OS(C)(=O)=O)cc3)cc2)CO1. The standard InChI is InChI=1S/C22H26O9S/c1-22(21(23)26-2)29-14-17(15-30-22)16-4-6-18(7-5-16)27-12-13-28-19-8-10-20(11-9-19)31-32(3,24)25/h4-11,17H,12-15H2,1-3H3. The summed E-state index contributed by atoms with van der Waals surface area (Å²) in [5.41, 5.74) is 1.01. The number of methoxy groups -OCH3 is 1. The molecule has 0 spiro atoms. The van der Waals surface area contributed by atoms with Gasteiger partial charge in [-0.1, -0.05) is 12.1 Å². The van der Waals surface area contributed by atoms with Crippen molar-refractivity contribution in [1.82, 2.24) is 0 Å². The zero-order valence-electron chi connectivity index (χ0n) is 18.1. The summed E-state index contributed by atoms with van der Waals surface area (Å²) in [6, 6.07) is 13.8. The van der Waals surface area contributed by atoms with E-state index in [1.807, 2.05) is 24.3 Å². The fourth-order valence-corrected chi connectivity index (χ4v) is 3.49. The van der Waals surface area contributed by atoms with Crippen LogP contribution >= 0.6 is 0 Å². The zero-order valence-corrected chi connectivity index (χ0v) is 18.9. The third-order valence-corrected chi connectivity index (χ3v) is 5.21. The van der Waals surface area contributed by atoms with E-state index in [9.17, 15) is 13.2 Å². The van der Waals surface area contributed by atoms with Gasteiger partial charge in [0.25, 0.3) is 5.79 Å². The molecule has 1 aliphatic heterocycles. The summed E-state index contributed by atoms with van der Waals surface area (Å²) in [6.07, 6.45) is 0.985. The van der Waals surface area contributed by atoms with Gasteiger partial charge in [0.2, 0.25) is 0 Å². The molecule has 3 rings (SSSR count). The molecule has 0 unspecified atom stereocenters. The van der Waals surface area contributed by atoms with Crippen LogP contribution in [0.15, 0.2) is 48.5 Å². The number of carbonyl (C=O) groups is 1. The first-order chi connectivity index (χ1) is 15.2. The van der Waals surface area contributed by atoms with E-state index in [-0.39, 0.29) is 11.7 Å². The van der Waals surface area contributed by atoms with Crippen LogP contribution in [0.2, 0.25) is 0 Å². The van der Waals surface area contributed by atoms with Gasteiger partial charge >= 0.3 is 16.1 Å². The largest absolute Gasteiger partial charge is 0.490 e. The van der Waals surface area contributed by atoms with Gasteiger partial charge in [-0.15, -0.1) is 0 Å². The van der Waals surface area contributed by atoms with Crippen LogP contribution in [0.25, 0.3) is 0 Å². The highest BCUT2D eigenvalue weighted by Crippen LogP contribution is 2.29. The lowest BCUT2D eigenvalue weighted by atomic mass is 9.99. The van der Waals surface area contributed by atoms with Crippen molar-refractivity contribution in [3.05, 3.63) is 54.1 Å². The molecule has 0 radical (unpaired) electrons. The molecule has 0 amide bonds. The second kappa shape index (κ2) is 10.2. The fourth-order valence-electron chi connectivity index (χ4n) is 3.03. The Kier molecular flexibility index (Phi) is 7.60. The Morgan fingerprint density at radius 3 is 1.88 bits per heavy atom. The molecule has 2 aromatic carbocycles. The van der Waals surface area contributed by atoms with Crippen LogP contribution in [0.5, 0.6) is 17.2 Å². The van der Waals surface area contributed by atoms with Crippen LogP contribution in [0.4, 0.5) is 0 Å². The Morgan fingerprint density at radius 2 is 1.41 bits per heavy atom. The van der Waals surface area contributed by atoms with Gasteiger partial charge in [-0.25, -0.2) is 4.79 Å². The first-order valence-electron chi connectivity index (χ1n) is 9.90.